The normalized spacial score (nSPS) is 12.2. The van der Waals surface area contributed by atoms with Crippen molar-refractivity contribution in [3.63, 3.8) is 0 Å². The van der Waals surface area contributed by atoms with Crippen molar-refractivity contribution >= 4 is 34.8 Å². The van der Waals surface area contributed by atoms with Crippen LogP contribution in [0.3, 0.4) is 0 Å². The van der Waals surface area contributed by atoms with Gasteiger partial charge in [0.15, 0.2) is 0 Å². The molecule has 0 aliphatic rings. The minimum Gasteiger partial charge on any atom is -0.323 e. The first kappa shape index (κ1) is 16.8. The van der Waals surface area contributed by atoms with Crippen LogP contribution in [0.2, 0.25) is 10.0 Å². The highest BCUT2D eigenvalue weighted by Gasteiger charge is 2.19. The summed E-state index contributed by atoms with van der Waals surface area (Å²) in [6, 6.07) is 14.7. The number of nitrogens with one attached hydrogen (secondary N) is 1. The van der Waals surface area contributed by atoms with Crippen molar-refractivity contribution in [2.45, 2.75) is 19.5 Å². The van der Waals surface area contributed by atoms with Crippen molar-refractivity contribution in [1.29, 1.82) is 0 Å². The number of benzene rings is 2. The van der Waals surface area contributed by atoms with Gasteiger partial charge in [0.05, 0.1) is 16.8 Å². The van der Waals surface area contributed by atoms with Crippen LogP contribution in [0.15, 0.2) is 48.5 Å². The fourth-order valence-corrected chi connectivity index (χ4v) is 2.49. The van der Waals surface area contributed by atoms with Gasteiger partial charge in [0.25, 0.3) is 0 Å². The van der Waals surface area contributed by atoms with E-state index in [1.165, 1.54) is 0 Å². The standard InChI is InChI=1S/C17H18Cl2N2O/c1-12(21(2)11-13-6-4-3-5-7-13)17(22)20-16-9-8-14(18)10-15(16)19/h3-10,12H,11H2,1-2H3,(H,20,22)/t12-/m0/s1. The molecule has 0 aliphatic heterocycles. The maximum atomic E-state index is 12.3. The van der Waals surface area contributed by atoms with Crippen LogP contribution in [0.4, 0.5) is 5.69 Å². The van der Waals surface area contributed by atoms with Crippen molar-refractivity contribution in [1.82, 2.24) is 4.90 Å². The fraction of sp³-hybridized carbons (Fsp3) is 0.235. The van der Waals surface area contributed by atoms with E-state index in [2.05, 4.69) is 5.32 Å². The topological polar surface area (TPSA) is 32.3 Å². The van der Waals surface area contributed by atoms with Gasteiger partial charge in [-0.05, 0) is 37.7 Å². The smallest absolute Gasteiger partial charge is 0.241 e. The number of nitrogens with zero attached hydrogens (tertiary/aromatic N) is 1. The molecule has 0 unspecified atom stereocenters. The second kappa shape index (κ2) is 7.63. The van der Waals surface area contributed by atoms with Gasteiger partial charge in [-0.15, -0.1) is 0 Å². The summed E-state index contributed by atoms with van der Waals surface area (Å²) in [4.78, 5) is 14.3. The Balaban J connectivity index is 1.99. The van der Waals surface area contributed by atoms with E-state index >= 15 is 0 Å². The van der Waals surface area contributed by atoms with Crippen LogP contribution in [-0.2, 0) is 11.3 Å². The van der Waals surface area contributed by atoms with Crippen molar-refractivity contribution in [2.75, 3.05) is 12.4 Å². The van der Waals surface area contributed by atoms with Crippen LogP contribution < -0.4 is 5.32 Å². The number of likely N-dealkylation sites (N-methyl/N-ethyl adjacent to an activating group) is 1. The molecule has 0 saturated heterocycles. The van der Waals surface area contributed by atoms with Gasteiger partial charge in [-0.25, -0.2) is 0 Å². The zero-order chi connectivity index (χ0) is 16.1. The molecule has 0 radical (unpaired) electrons. The predicted octanol–water partition coefficient (Wildman–Crippen LogP) is 4.45. The zero-order valence-corrected chi connectivity index (χ0v) is 14.0. The first-order chi connectivity index (χ1) is 10.5. The molecular formula is C17H18Cl2N2O. The molecule has 0 aliphatic carbocycles. The molecule has 22 heavy (non-hydrogen) atoms. The van der Waals surface area contributed by atoms with Crippen LogP contribution in [0.1, 0.15) is 12.5 Å². The molecule has 2 aromatic rings. The minimum absolute atomic E-state index is 0.109. The Hall–Kier alpha value is -1.55. The van der Waals surface area contributed by atoms with Gasteiger partial charge in [-0.3, -0.25) is 9.69 Å². The third-order valence-corrected chi connectivity index (χ3v) is 4.05. The van der Waals surface area contributed by atoms with E-state index in [4.69, 9.17) is 23.2 Å². The predicted molar refractivity (Wildman–Crippen MR) is 92.5 cm³/mol. The molecule has 5 heteroatoms. The highest BCUT2D eigenvalue weighted by atomic mass is 35.5. The van der Waals surface area contributed by atoms with Crippen LogP contribution in [0.25, 0.3) is 0 Å². The molecule has 0 heterocycles. The third kappa shape index (κ3) is 4.47. The lowest BCUT2D eigenvalue weighted by Gasteiger charge is -2.24. The average molecular weight is 337 g/mol. The van der Waals surface area contributed by atoms with Gasteiger partial charge >= 0.3 is 0 Å². The number of anilines is 1. The van der Waals surface area contributed by atoms with Gasteiger partial charge in [-0.1, -0.05) is 53.5 Å². The van der Waals surface area contributed by atoms with E-state index in [1.807, 2.05) is 49.2 Å². The number of carbonyl (C=O) groups is 1. The van der Waals surface area contributed by atoms with Crippen molar-refractivity contribution in [2.24, 2.45) is 0 Å². The van der Waals surface area contributed by atoms with Crippen LogP contribution in [-0.4, -0.2) is 23.9 Å². The number of hydrogen-bond donors (Lipinski definition) is 1. The maximum absolute atomic E-state index is 12.3. The highest BCUT2D eigenvalue weighted by molar-refractivity contribution is 6.36. The molecule has 0 fully saturated rings. The summed E-state index contributed by atoms with van der Waals surface area (Å²) in [6.45, 7) is 2.56. The monoisotopic (exact) mass is 336 g/mol. The number of amides is 1. The first-order valence-corrected chi connectivity index (χ1v) is 7.73. The van der Waals surface area contributed by atoms with Crippen molar-refractivity contribution in [3.8, 4) is 0 Å². The average Bonchev–Trinajstić information content (AvgIpc) is 2.50. The number of hydrogen-bond acceptors (Lipinski definition) is 2. The summed E-state index contributed by atoms with van der Waals surface area (Å²) in [5.41, 5.74) is 1.73. The van der Waals surface area contributed by atoms with Gasteiger partial charge in [0.2, 0.25) is 5.91 Å². The molecular weight excluding hydrogens is 319 g/mol. The van der Waals surface area contributed by atoms with E-state index in [9.17, 15) is 4.79 Å². The lowest BCUT2D eigenvalue weighted by atomic mass is 10.2. The van der Waals surface area contributed by atoms with Gasteiger partial charge in [0.1, 0.15) is 0 Å². The molecule has 2 aromatic carbocycles. The van der Waals surface area contributed by atoms with E-state index in [-0.39, 0.29) is 11.9 Å². The summed E-state index contributed by atoms with van der Waals surface area (Å²) in [5.74, 6) is -0.109. The lowest BCUT2D eigenvalue weighted by Crippen LogP contribution is -2.39. The Morgan fingerprint density at radius 2 is 1.86 bits per heavy atom. The van der Waals surface area contributed by atoms with E-state index in [0.29, 0.717) is 22.3 Å². The van der Waals surface area contributed by atoms with Gasteiger partial charge < -0.3 is 5.32 Å². The van der Waals surface area contributed by atoms with Crippen molar-refractivity contribution < 1.29 is 4.79 Å². The first-order valence-electron chi connectivity index (χ1n) is 6.97. The molecule has 1 N–H and O–H groups in total. The van der Waals surface area contributed by atoms with Gasteiger partial charge in [-0.2, -0.15) is 0 Å². The fourth-order valence-electron chi connectivity index (χ4n) is 2.04. The van der Waals surface area contributed by atoms with E-state index in [0.717, 1.165) is 5.56 Å². The Bertz CT molecular complexity index is 646. The SMILES string of the molecule is C[C@@H](C(=O)Nc1ccc(Cl)cc1Cl)N(C)Cc1ccccc1. The molecule has 2 rings (SSSR count). The Kier molecular flexibility index (Phi) is 5.83. The molecule has 1 amide bonds. The van der Waals surface area contributed by atoms with Crippen molar-refractivity contribution in [3.05, 3.63) is 64.1 Å². The van der Waals surface area contributed by atoms with Crippen LogP contribution >= 0.6 is 23.2 Å². The summed E-state index contributed by atoms with van der Waals surface area (Å²) in [7, 11) is 1.92. The minimum atomic E-state index is -0.285. The lowest BCUT2D eigenvalue weighted by molar-refractivity contribution is -0.120. The number of halogens is 2. The Labute approximate surface area is 140 Å². The van der Waals surface area contributed by atoms with Crippen LogP contribution in [0, 0.1) is 0 Å². The third-order valence-electron chi connectivity index (χ3n) is 3.50. The second-order valence-corrected chi connectivity index (χ2v) is 6.03. The molecule has 0 aromatic heterocycles. The molecule has 0 spiro atoms. The Morgan fingerprint density at radius 1 is 1.18 bits per heavy atom. The van der Waals surface area contributed by atoms with Crippen LogP contribution in [0.5, 0.6) is 0 Å². The summed E-state index contributed by atoms with van der Waals surface area (Å²) in [6.07, 6.45) is 0. The largest absolute Gasteiger partial charge is 0.323 e. The summed E-state index contributed by atoms with van der Waals surface area (Å²) < 4.78 is 0. The Morgan fingerprint density at radius 3 is 2.50 bits per heavy atom. The summed E-state index contributed by atoms with van der Waals surface area (Å²) >= 11 is 11.9. The van der Waals surface area contributed by atoms with E-state index < -0.39 is 0 Å². The zero-order valence-electron chi connectivity index (χ0n) is 12.5. The molecule has 0 saturated carbocycles. The number of rotatable bonds is 5. The quantitative estimate of drug-likeness (QED) is 0.874. The molecule has 3 nitrogen and oxygen atoms in total. The maximum Gasteiger partial charge on any atom is 0.241 e. The highest BCUT2D eigenvalue weighted by Crippen LogP contribution is 2.25. The second-order valence-electron chi connectivity index (χ2n) is 5.19. The molecule has 0 bridgehead atoms. The van der Waals surface area contributed by atoms with Gasteiger partial charge in [0, 0.05) is 11.6 Å². The number of carbonyl (C=O) groups excluding carboxylic acids is 1. The summed E-state index contributed by atoms with van der Waals surface area (Å²) in [5, 5.41) is 3.80. The molecule has 1 atom stereocenters. The molecule has 116 valence electrons. The van der Waals surface area contributed by atoms with E-state index in [1.54, 1.807) is 18.2 Å².